The lowest BCUT2D eigenvalue weighted by molar-refractivity contribution is -0.392. The van der Waals surface area contributed by atoms with Crippen LogP contribution in [0.2, 0.25) is 0 Å². The van der Waals surface area contributed by atoms with E-state index in [0.717, 1.165) is 10.8 Å². The van der Waals surface area contributed by atoms with Crippen molar-refractivity contribution in [2.24, 2.45) is 0 Å². The number of rotatable bonds is 67. The molecule has 0 saturated carbocycles. The number of imidazole rings is 1. The number of ketones is 2. The van der Waals surface area contributed by atoms with Crippen LogP contribution in [0.5, 0.6) is 0 Å². The van der Waals surface area contributed by atoms with Crippen LogP contribution in [0.3, 0.4) is 0 Å². The lowest BCUT2D eigenvalue weighted by Crippen LogP contribution is -2.62. The van der Waals surface area contributed by atoms with Crippen LogP contribution in [0.4, 0.5) is 5.82 Å². The van der Waals surface area contributed by atoms with Crippen molar-refractivity contribution in [3.63, 3.8) is 0 Å². The smallest absolute Gasteiger partial charge is 0.342 e. The van der Waals surface area contributed by atoms with Gasteiger partial charge in [0.1, 0.15) is 97.6 Å². The summed E-state index contributed by atoms with van der Waals surface area (Å²) in [7, 11) is 0. The monoisotopic (exact) mass is 1900 g/mol. The number of nitrogens with zero attached hydrogens (tertiary/aromatic N) is 3. The molecule has 0 saturated heterocycles. The first kappa shape index (κ1) is 113. The van der Waals surface area contributed by atoms with Crippen molar-refractivity contribution in [1.29, 1.82) is 0 Å². The van der Waals surface area contributed by atoms with Gasteiger partial charge in [0.2, 0.25) is 82.5 Å². The standard InChI is InChI=1S/C66H85N19O47/c1-21-67-19-37(85(131)132)84(21)3-2-68-81-35(17-51(113)114)65(129)79-33(15-49(109)110)63(127)77-31(13-47(105)106)62(126)76-30(12-46(103)104)60(124)75-29(11-45(101)102)59(123)74-28(10-44(99)100)58(122)72-26(8-42(95)96)56(120)70-23(5-39(89)90)53(117)54(118)24(6-40(91)92)82-83-36(18-52(115)116)66(130)80-34(16-50(111)112)64(128)78-32(14-48(107)108)61(125)73-27(9-43(97)98)57(121)71-25(7-41(93)94)55(119)69-22(20-86)4-38(87)88/h19-20,22-36,68,81-83H,2-18H2,1H3,(H,69,119)(H,70,120)(H,71,121)(H,72,122)(H,73,125)(H,74,123)(H,75,124)(H,76,126)(H,77,127)(H,78,128)(H,79,129)(H,80,130)(H,87,88)(H,89,90)(H,91,92)(H,93,94)(H,95,96)(H,97,98)(H,99,100)(H,101,102)(H,103,104)(H,105,106)(H,107,108)(H,109,110)(H,111,112)(H,113,114)(H,115,116)/t22-,23-,24-,25-,26-,27-,28-,29-,30-,31-,32-,33-,34-,35-,36-/m0/s1. The second kappa shape index (κ2) is 54.9. The molecule has 1 aromatic rings. The molecule has 1 heterocycles. The summed E-state index contributed by atoms with van der Waals surface area (Å²) in [5.41, 5.74) is 8.09. The van der Waals surface area contributed by atoms with Crippen LogP contribution in [0.15, 0.2) is 6.20 Å². The van der Waals surface area contributed by atoms with Crippen molar-refractivity contribution in [3.05, 3.63) is 22.1 Å². The number of carbonyl (C=O) groups is 30. The van der Waals surface area contributed by atoms with Crippen molar-refractivity contribution in [2.45, 2.75) is 200 Å². The maximum Gasteiger partial charge on any atom is 0.342 e. The van der Waals surface area contributed by atoms with Crippen molar-refractivity contribution < 1.29 is 225 Å². The second-order valence-electron chi connectivity index (χ2n) is 27.2. The summed E-state index contributed by atoms with van der Waals surface area (Å²) in [5.74, 6) is -57.3. The third-order valence-electron chi connectivity index (χ3n) is 16.7. The van der Waals surface area contributed by atoms with Gasteiger partial charge in [-0.3, -0.25) is 144 Å². The number of amides is 12. The third kappa shape index (κ3) is 42.9. The SMILES string of the molecule is Cc1ncc([N+](=O)[O-])n1CCNN[C@@H](CC(=O)O)C(=O)N[C@@H](CC(=O)O)C(=O)N[C@@H](CC(=O)O)C(=O)N[C@@H](CC(=O)O)C(=O)N[C@@H](CC(=O)O)C(=O)N[C@@H](CC(=O)O)C(=O)N[C@@H](CC(=O)O)C(=O)N[C@@H](CC(=O)O)C(=O)C(=O)[C@H](CC(=O)O)NN[C@@H](CC(=O)O)C(=O)N[C@@H](CC(=O)O)C(=O)N[C@@H](CC(=O)O)C(=O)N[C@@H](CC(=O)O)C(=O)N[C@@H](CC(=O)O)C(=O)N[C@H](C=O)CC(=O)O. The minimum atomic E-state index is -2.89. The van der Waals surface area contributed by atoms with Gasteiger partial charge in [-0.05, 0) is 4.92 Å². The van der Waals surface area contributed by atoms with Crippen LogP contribution in [0.1, 0.15) is 102 Å². The number of carbonyl (C=O) groups excluding carboxylic acids is 15. The van der Waals surface area contributed by atoms with E-state index in [1.165, 1.54) is 12.2 Å². The summed E-state index contributed by atoms with van der Waals surface area (Å²) in [6.45, 7) is 0.808. The predicted octanol–water partition coefficient (Wildman–Crippen LogP) is -15.3. The number of hydrogen-bond donors (Lipinski definition) is 31. The Morgan fingerprint density at radius 2 is 0.470 bits per heavy atom. The number of carboxylic acid groups (broad SMARTS) is 15. The number of nitrogens with one attached hydrogen (secondary N) is 16. The molecule has 0 aliphatic heterocycles. The first-order chi connectivity index (χ1) is 61.2. The summed E-state index contributed by atoms with van der Waals surface area (Å²) in [6, 6.07) is -38.0. The summed E-state index contributed by atoms with van der Waals surface area (Å²) >= 11 is 0. The lowest BCUT2D eigenvalue weighted by Gasteiger charge is -2.27. The van der Waals surface area contributed by atoms with Gasteiger partial charge in [-0.1, -0.05) is 0 Å². The number of aromatic nitrogens is 2. The van der Waals surface area contributed by atoms with Gasteiger partial charge in [0.25, 0.3) is 0 Å². The molecule has 1 aromatic heterocycles. The number of carboxylic acids is 15. The van der Waals surface area contributed by atoms with Crippen molar-refractivity contribution in [2.75, 3.05) is 6.54 Å². The van der Waals surface area contributed by atoms with Crippen LogP contribution >= 0.6 is 0 Å². The Bertz CT molecular complexity index is 4660. The molecule has 66 nitrogen and oxygen atoms in total. The van der Waals surface area contributed by atoms with Gasteiger partial charge in [-0.25, -0.2) is 25.8 Å². The van der Waals surface area contributed by atoms with E-state index in [4.69, 9.17) is 5.11 Å². The van der Waals surface area contributed by atoms with Crippen molar-refractivity contribution >= 4 is 184 Å². The first-order valence-corrected chi connectivity index (χ1v) is 36.9. The normalized spacial score (nSPS) is 14.2. The van der Waals surface area contributed by atoms with Crippen LogP contribution < -0.4 is 85.5 Å². The van der Waals surface area contributed by atoms with Gasteiger partial charge in [-0.15, -0.1) is 0 Å². The summed E-state index contributed by atoms with van der Waals surface area (Å²) in [5, 5.41) is 176. The number of aryl methyl sites for hydroxylation is 1. The molecule has 0 fully saturated rings. The van der Waals surface area contributed by atoms with E-state index >= 15 is 0 Å². The highest BCUT2D eigenvalue weighted by atomic mass is 16.6. The molecule has 0 unspecified atom stereocenters. The van der Waals surface area contributed by atoms with E-state index < -0.39 is 370 Å². The highest BCUT2D eigenvalue weighted by molar-refractivity contribution is 6.42. The number of Topliss-reactive ketones (excluding diaryl/α,β-unsaturated/α-hetero) is 2. The molecule has 0 aromatic carbocycles. The Labute approximate surface area is 731 Å². The molecule has 0 radical (unpaired) electrons. The van der Waals surface area contributed by atoms with Gasteiger partial charge in [-0.2, -0.15) is 0 Å². The van der Waals surface area contributed by atoms with Gasteiger partial charge >= 0.3 is 95.4 Å². The quantitative estimate of drug-likeness (QED) is 0.00947. The fourth-order valence-corrected chi connectivity index (χ4v) is 10.8. The average molecular weight is 1900 g/mol. The van der Waals surface area contributed by atoms with Gasteiger partial charge < -0.3 is 155 Å². The largest absolute Gasteiger partial charge is 0.481 e. The number of aliphatic carboxylic acids is 15. The Morgan fingerprint density at radius 3 is 0.697 bits per heavy atom. The zero-order valence-electron chi connectivity index (χ0n) is 67.4. The number of hydrazine groups is 2. The van der Waals surface area contributed by atoms with Crippen LogP contribution in [0, 0.1) is 17.0 Å². The van der Waals surface area contributed by atoms with Gasteiger partial charge in [0, 0.05) is 13.5 Å². The van der Waals surface area contributed by atoms with Crippen LogP contribution in [0.25, 0.3) is 0 Å². The molecule has 0 aliphatic carbocycles. The molecule has 0 spiro atoms. The van der Waals surface area contributed by atoms with E-state index in [2.05, 4.69) is 15.8 Å². The fraction of sp³-hybridized carbons (Fsp3) is 0.500. The Kier molecular flexibility index (Phi) is 47.1. The van der Waals surface area contributed by atoms with Gasteiger partial charge in [0.15, 0.2) is 5.82 Å². The first-order valence-electron chi connectivity index (χ1n) is 36.9. The molecule has 66 heteroatoms. The molecule has 12 amide bonds. The zero-order valence-corrected chi connectivity index (χ0v) is 67.4. The highest BCUT2D eigenvalue weighted by Gasteiger charge is 2.43. The molecule has 726 valence electrons. The average Bonchev–Trinajstić information content (AvgIpc) is 1.03. The van der Waals surface area contributed by atoms with Crippen LogP contribution in [-0.4, -0.2) is 367 Å². The van der Waals surface area contributed by atoms with E-state index in [1.54, 1.807) is 64.0 Å². The van der Waals surface area contributed by atoms with E-state index in [9.17, 15) is 225 Å². The Balaban J connectivity index is 3.71. The van der Waals surface area contributed by atoms with Crippen molar-refractivity contribution in [3.8, 4) is 0 Å². The molecule has 0 aliphatic rings. The van der Waals surface area contributed by atoms with E-state index in [1.807, 2.05) is 5.32 Å². The third-order valence-corrected chi connectivity index (χ3v) is 16.7. The lowest BCUT2D eigenvalue weighted by atomic mass is 9.98. The van der Waals surface area contributed by atoms with E-state index in [0.29, 0.717) is 0 Å². The minimum absolute atomic E-state index is 0.121. The molecule has 31 N–H and O–H groups in total. The Morgan fingerprint density at radius 1 is 0.288 bits per heavy atom. The van der Waals surface area contributed by atoms with Crippen LogP contribution in [-0.2, 0) is 150 Å². The van der Waals surface area contributed by atoms with E-state index in [-0.39, 0.29) is 25.2 Å². The topological polar surface area (TPSA) is 1070 Å². The zero-order chi connectivity index (χ0) is 101. The number of aldehydes is 1. The molecule has 0 bridgehead atoms. The van der Waals surface area contributed by atoms with Crippen molar-refractivity contribution in [1.82, 2.24) is 95.1 Å². The summed E-state index contributed by atoms with van der Waals surface area (Å²) in [6.07, 6.45) is -22.7. The molecule has 15 atom stereocenters. The Hall–Kier alpha value is -16.8. The second-order valence-corrected chi connectivity index (χ2v) is 27.2. The number of nitro groups is 1. The maximum atomic E-state index is 13.9. The number of hydrogen-bond acceptors (Lipinski definition) is 37. The molecule has 1 rings (SSSR count). The highest BCUT2D eigenvalue weighted by Crippen LogP contribution is 2.15. The summed E-state index contributed by atoms with van der Waals surface area (Å²) in [4.78, 5) is 397. The predicted molar refractivity (Wildman–Crippen MR) is 405 cm³/mol. The molecular formula is C66H85N19O47. The molecule has 132 heavy (non-hydrogen) atoms. The summed E-state index contributed by atoms with van der Waals surface area (Å²) < 4.78 is 1.08. The molecular weight excluding hydrogens is 1810 g/mol. The minimum Gasteiger partial charge on any atom is -0.481 e. The fourth-order valence-electron chi connectivity index (χ4n) is 10.8. The van der Waals surface area contributed by atoms with Gasteiger partial charge in [0.05, 0.1) is 108 Å². The maximum absolute atomic E-state index is 13.9.